The average molecular weight is 306 g/mol. The molecule has 0 saturated heterocycles. The van der Waals surface area contributed by atoms with Gasteiger partial charge in [0.2, 0.25) is 0 Å². The van der Waals surface area contributed by atoms with E-state index in [4.69, 9.17) is 4.55 Å². The van der Waals surface area contributed by atoms with Crippen LogP contribution < -0.4 is 5.32 Å². The third-order valence-corrected chi connectivity index (χ3v) is 4.20. The van der Waals surface area contributed by atoms with Gasteiger partial charge >= 0.3 is 0 Å². The van der Waals surface area contributed by atoms with Crippen LogP contribution in [0.1, 0.15) is 71.1 Å². The summed E-state index contributed by atoms with van der Waals surface area (Å²) in [6.45, 7) is 6.66. The van der Waals surface area contributed by atoms with Crippen LogP contribution in [0.25, 0.3) is 0 Å². The van der Waals surface area contributed by atoms with Crippen LogP contribution in [0.4, 0.5) is 0 Å². The minimum atomic E-state index is -3.91. The molecule has 0 spiro atoms. The highest BCUT2D eigenvalue weighted by Gasteiger charge is 2.10. The normalized spacial score (nSPS) is 13.6. The van der Waals surface area contributed by atoms with Gasteiger partial charge in [0.05, 0.1) is 5.75 Å². The fourth-order valence-corrected chi connectivity index (χ4v) is 2.86. The Bertz CT molecular complexity index is 304. The third-order valence-electron chi connectivity index (χ3n) is 3.38. The minimum absolute atomic E-state index is 0.315. The molecule has 1 radical (unpaired) electrons. The third kappa shape index (κ3) is 15.9. The van der Waals surface area contributed by atoms with Gasteiger partial charge in [-0.05, 0) is 19.9 Å². The Kier molecular flexibility index (Phi) is 12.5. The van der Waals surface area contributed by atoms with Crippen molar-refractivity contribution in [1.29, 1.82) is 0 Å². The topological polar surface area (TPSA) is 66.4 Å². The van der Waals surface area contributed by atoms with Gasteiger partial charge in [-0.15, -0.1) is 0 Å². The molecule has 0 aromatic heterocycles. The van der Waals surface area contributed by atoms with Gasteiger partial charge in [-0.2, -0.15) is 8.42 Å². The van der Waals surface area contributed by atoms with Crippen LogP contribution in [-0.4, -0.2) is 31.3 Å². The zero-order valence-corrected chi connectivity index (χ0v) is 13.8. The minimum Gasteiger partial charge on any atom is -0.313 e. The van der Waals surface area contributed by atoms with Gasteiger partial charge < -0.3 is 5.32 Å². The van der Waals surface area contributed by atoms with E-state index in [1.54, 1.807) is 0 Å². The van der Waals surface area contributed by atoms with E-state index >= 15 is 0 Å². The SMILES string of the molecule is [CH2]C(CS(=O)(=O)O)NCCCCCCCCCCCC. The molecule has 121 valence electrons. The fourth-order valence-electron chi connectivity index (χ4n) is 2.23. The van der Waals surface area contributed by atoms with E-state index < -0.39 is 16.2 Å². The summed E-state index contributed by atoms with van der Waals surface area (Å²) in [4.78, 5) is 0. The summed E-state index contributed by atoms with van der Waals surface area (Å²) in [5, 5.41) is 3.01. The summed E-state index contributed by atoms with van der Waals surface area (Å²) in [5.74, 6) is -0.315. The molecule has 0 rings (SSSR count). The van der Waals surface area contributed by atoms with Crippen molar-refractivity contribution in [2.75, 3.05) is 12.3 Å². The van der Waals surface area contributed by atoms with Crippen LogP contribution in [0, 0.1) is 6.92 Å². The zero-order chi connectivity index (χ0) is 15.3. The highest BCUT2D eigenvalue weighted by molar-refractivity contribution is 7.85. The van der Waals surface area contributed by atoms with E-state index in [0.717, 1.165) is 13.0 Å². The van der Waals surface area contributed by atoms with E-state index in [1.165, 1.54) is 57.8 Å². The molecule has 0 aromatic rings. The molecule has 0 aliphatic rings. The fraction of sp³-hybridized carbons (Fsp3) is 0.933. The first kappa shape index (κ1) is 19.9. The Hall–Kier alpha value is -0.130. The Morgan fingerprint density at radius 1 is 0.950 bits per heavy atom. The molecule has 0 aromatic carbocycles. The molecule has 4 nitrogen and oxygen atoms in total. The molecule has 2 N–H and O–H groups in total. The van der Waals surface area contributed by atoms with E-state index in [0.29, 0.717) is 0 Å². The molecule has 0 bridgehead atoms. The second-order valence-corrected chi connectivity index (χ2v) is 7.08. The molecule has 1 atom stereocenters. The van der Waals surface area contributed by atoms with Crippen LogP contribution in [0.2, 0.25) is 0 Å². The van der Waals surface area contributed by atoms with Crippen LogP contribution >= 0.6 is 0 Å². The molecular weight excluding hydrogens is 274 g/mol. The van der Waals surface area contributed by atoms with E-state index in [9.17, 15) is 8.42 Å². The van der Waals surface area contributed by atoms with Crippen LogP contribution in [0.3, 0.4) is 0 Å². The van der Waals surface area contributed by atoms with E-state index in [1.807, 2.05) is 0 Å². The molecular formula is C15H32NO3S. The lowest BCUT2D eigenvalue weighted by molar-refractivity contribution is 0.471. The molecule has 1 unspecified atom stereocenters. The van der Waals surface area contributed by atoms with Crippen molar-refractivity contribution in [3.63, 3.8) is 0 Å². The predicted octanol–water partition coefficient (Wildman–Crippen LogP) is 3.59. The summed E-state index contributed by atoms with van der Waals surface area (Å²) in [7, 11) is -3.91. The van der Waals surface area contributed by atoms with Crippen LogP contribution in [-0.2, 0) is 10.1 Å². The lowest BCUT2D eigenvalue weighted by Gasteiger charge is -2.11. The summed E-state index contributed by atoms with van der Waals surface area (Å²) >= 11 is 0. The summed E-state index contributed by atoms with van der Waals surface area (Å²) < 4.78 is 29.9. The van der Waals surface area contributed by atoms with Gasteiger partial charge in [-0.25, -0.2) is 0 Å². The predicted molar refractivity (Wildman–Crippen MR) is 85.4 cm³/mol. The molecule has 0 heterocycles. The second-order valence-electron chi connectivity index (χ2n) is 5.58. The largest absolute Gasteiger partial charge is 0.313 e. The van der Waals surface area contributed by atoms with Crippen LogP contribution in [0.5, 0.6) is 0 Å². The molecule has 5 heteroatoms. The van der Waals surface area contributed by atoms with Crippen molar-refractivity contribution in [3.8, 4) is 0 Å². The smallest absolute Gasteiger partial charge is 0.266 e. The molecule has 0 saturated carbocycles. The van der Waals surface area contributed by atoms with Crippen molar-refractivity contribution >= 4 is 10.1 Å². The van der Waals surface area contributed by atoms with Crippen molar-refractivity contribution in [2.24, 2.45) is 0 Å². The first-order chi connectivity index (χ1) is 9.45. The monoisotopic (exact) mass is 306 g/mol. The van der Waals surface area contributed by atoms with Crippen molar-refractivity contribution in [3.05, 3.63) is 6.92 Å². The number of unbranched alkanes of at least 4 members (excludes halogenated alkanes) is 9. The first-order valence-electron chi connectivity index (χ1n) is 7.97. The Labute approximate surface area is 125 Å². The number of hydrogen-bond acceptors (Lipinski definition) is 3. The molecule has 0 amide bonds. The molecule has 0 aliphatic carbocycles. The van der Waals surface area contributed by atoms with Crippen molar-refractivity contribution < 1.29 is 13.0 Å². The standard InChI is InChI=1S/C15H32NO3S/c1-3-4-5-6-7-8-9-10-11-12-13-16-15(2)14-20(17,18)19/h15-16H,2-14H2,1H3,(H,17,18,19). The summed E-state index contributed by atoms with van der Waals surface area (Å²) in [6.07, 6.45) is 12.8. The summed E-state index contributed by atoms with van der Waals surface area (Å²) in [6, 6.07) is -0.427. The number of nitrogens with one attached hydrogen (secondary N) is 1. The van der Waals surface area contributed by atoms with Gasteiger partial charge in [-0.1, -0.05) is 64.7 Å². The van der Waals surface area contributed by atoms with Gasteiger partial charge in [0.25, 0.3) is 10.1 Å². The maximum Gasteiger partial charge on any atom is 0.266 e. The Morgan fingerprint density at radius 3 is 1.85 bits per heavy atom. The molecule has 20 heavy (non-hydrogen) atoms. The van der Waals surface area contributed by atoms with Crippen molar-refractivity contribution in [2.45, 2.75) is 77.2 Å². The highest BCUT2D eigenvalue weighted by atomic mass is 32.2. The highest BCUT2D eigenvalue weighted by Crippen LogP contribution is 2.10. The maximum atomic E-state index is 10.6. The molecule has 0 fully saturated rings. The second kappa shape index (κ2) is 12.6. The quantitative estimate of drug-likeness (QED) is 0.380. The zero-order valence-electron chi connectivity index (χ0n) is 12.9. The number of rotatable bonds is 14. The number of hydrogen-bond donors (Lipinski definition) is 2. The van der Waals surface area contributed by atoms with Gasteiger partial charge in [0.1, 0.15) is 0 Å². The van der Waals surface area contributed by atoms with E-state index in [-0.39, 0.29) is 5.75 Å². The average Bonchev–Trinajstić information content (AvgIpc) is 2.34. The maximum absolute atomic E-state index is 10.6. The Balaban J connectivity index is 3.20. The lowest BCUT2D eigenvalue weighted by Crippen LogP contribution is -2.33. The molecule has 0 aliphatic heterocycles. The first-order valence-corrected chi connectivity index (χ1v) is 9.58. The van der Waals surface area contributed by atoms with E-state index in [2.05, 4.69) is 19.2 Å². The van der Waals surface area contributed by atoms with Gasteiger partial charge in [0.15, 0.2) is 0 Å². The van der Waals surface area contributed by atoms with Gasteiger partial charge in [0, 0.05) is 6.04 Å². The van der Waals surface area contributed by atoms with Crippen LogP contribution in [0.15, 0.2) is 0 Å². The Morgan fingerprint density at radius 2 is 1.40 bits per heavy atom. The van der Waals surface area contributed by atoms with Crippen molar-refractivity contribution in [1.82, 2.24) is 5.32 Å². The van der Waals surface area contributed by atoms with Gasteiger partial charge in [-0.3, -0.25) is 4.55 Å². The lowest BCUT2D eigenvalue weighted by atomic mass is 10.1. The summed E-state index contributed by atoms with van der Waals surface area (Å²) in [5.41, 5.74) is 0.